The van der Waals surface area contributed by atoms with Crippen molar-refractivity contribution in [3.8, 4) is 5.75 Å². The number of urea groups is 1. The quantitative estimate of drug-likeness (QED) is 0.656. The van der Waals surface area contributed by atoms with Crippen LogP contribution in [-0.4, -0.2) is 30.0 Å². The molecule has 0 radical (unpaired) electrons. The molecular weight excluding hydrogens is 373 g/mol. The summed E-state index contributed by atoms with van der Waals surface area (Å²) in [6, 6.07) is 2.97. The van der Waals surface area contributed by atoms with Gasteiger partial charge in [0, 0.05) is 17.4 Å². The van der Waals surface area contributed by atoms with E-state index in [9.17, 15) is 22.8 Å². The number of rotatable bonds is 6. The number of halogens is 4. The highest BCUT2D eigenvalue weighted by Crippen LogP contribution is 2.32. The smallest absolute Gasteiger partial charge is 0.481 e. The highest BCUT2D eigenvalue weighted by molar-refractivity contribution is 9.10. The van der Waals surface area contributed by atoms with E-state index in [2.05, 4.69) is 31.3 Å². The van der Waals surface area contributed by atoms with E-state index in [-0.39, 0.29) is 25.1 Å². The van der Waals surface area contributed by atoms with Crippen LogP contribution in [0, 0.1) is 0 Å². The predicted octanol–water partition coefficient (Wildman–Crippen LogP) is 3.33. The number of nitrogens with one attached hydrogen (secondary N) is 2. The average Bonchev–Trinajstić information content (AvgIpc) is 2.36. The number of hydrogen-bond donors (Lipinski definition) is 3. The van der Waals surface area contributed by atoms with Crippen molar-refractivity contribution in [2.45, 2.75) is 19.2 Å². The summed E-state index contributed by atoms with van der Waals surface area (Å²) in [6.07, 6.45) is -4.81. The molecule has 6 nitrogen and oxygen atoms in total. The van der Waals surface area contributed by atoms with E-state index in [1.165, 1.54) is 12.1 Å². The molecule has 1 aromatic carbocycles. The van der Waals surface area contributed by atoms with Crippen LogP contribution >= 0.6 is 15.9 Å². The Morgan fingerprint density at radius 3 is 2.59 bits per heavy atom. The van der Waals surface area contributed by atoms with Gasteiger partial charge in [0.1, 0.15) is 0 Å². The maximum absolute atomic E-state index is 12.3. The molecule has 0 saturated carbocycles. The van der Waals surface area contributed by atoms with Gasteiger partial charge in [0.2, 0.25) is 0 Å². The van der Waals surface area contributed by atoms with Crippen molar-refractivity contribution in [2.24, 2.45) is 0 Å². The Hall–Kier alpha value is -1.97. The molecule has 1 aromatic rings. The van der Waals surface area contributed by atoms with E-state index in [0.29, 0.717) is 4.47 Å². The summed E-state index contributed by atoms with van der Waals surface area (Å²) in [7, 11) is 0. The van der Waals surface area contributed by atoms with E-state index in [1.807, 2.05) is 0 Å². The summed E-state index contributed by atoms with van der Waals surface area (Å²) in [5.74, 6) is -1.57. The molecule has 10 heteroatoms. The van der Waals surface area contributed by atoms with Gasteiger partial charge >= 0.3 is 18.4 Å². The summed E-state index contributed by atoms with van der Waals surface area (Å²) in [6.45, 7) is 0.0735. The number of carboxylic acid groups (broad SMARTS) is 1. The van der Waals surface area contributed by atoms with Gasteiger partial charge in [0.25, 0.3) is 0 Å². The Morgan fingerprint density at radius 1 is 1.32 bits per heavy atom. The fourth-order valence-electron chi connectivity index (χ4n) is 1.42. The lowest BCUT2D eigenvalue weighted by molar-refractivity contribution is -0.274. The first kappa shape index (κ1) is 18.1. The SMILES string of the molecule is O=C(O)CCCNC(=O)Nc1ccc(Br)cc1OC(F)(F)F. The van der Waals surface area contributed by atoms with Crippen LogP contribution in [-0.2, 0) is 4.79 Å². The number of alkyl halides is 3. The second kappa shape index (κ2) is 7.87. The van der Waals surface area contributed by atoms with Crippen LogP contribution < -0.4 is 15.4 Å². The average molecular weight is 385 g/mol. The number of amides is 2. The zero-order chi connectivity index (χ0) is 16.8. The minimum Gasteiger partial charge on any atom is -0.481 e. The molecule has 0 aliphatic heterocycles. The Morgan fingerprint density at radius 2 is 2.00 bits per heavy atom. The third-order valence-electron chi connectivity index (χ3n) is 2.27. The Balaban J connectivity index is 2.64. The topological polar surface area (TPSA) is 87.7 Å². The first-order chi connectivity index (χ1) is 10.2. The van der Waals surface area contributed by atoms with Crippen molar-refractivity contribution in [3.63, 3.8) is 0 Å². The summed E-state index contributed by atoms with van der Waals surface area (Å²) in [5.41, 5.74) is -0.170. The zero-order valence-electron chi connectivity index (χ0n) is 11.0. The summed E-state index contributed by atoms with van der Waals surface area (Å²) in [5, 5.41) is 13.0. The first-order valence-corrected chi connectivity index (χ1v) is 6.78. The van der Waals surface area contributed by atoms with Crippen molar-refractivity contribution in [3.05, 3.63) is 22.7 Å². The van der Waals surface area contributed by atoms with Gasteiger partial charge in [-0.1, -0.05) is 15.9 Å². The summed E-state index contributed by atoms with van der Waals surface area (Å²) >= 11 is 3.00. The molecule has 0 bridgehead atoms. The van der Waals surface area contributed by atoms with Crippen molar-refractivity contribution < 1.29 is 32.6 Å². The van der Waals surface area contributed by atoms with Gasteiger partial charge in [0.15, 0.2) is 5.75 Å². The third kappa shape index (κ3) is 7.16. The molecule has 1 rings (SSSR count). The normalized spacial score (nSPS) is 10.9. The molecule has 122 valence electrons. The lowest BCUT2D eigenvalue weighted by atomic mass is 10.3. The van der Waals surface area contributed by atoms with Gasteiger partial charge in [-0.05, 0) is 24.6 Å². The van der Waals surface area contributed by atoms with E-state index in [4.69, 9.17) is 5.11 Å². The molecule has 0 fully saturated rings. The Kier molecular flexibility index (Phi) is 6.47. The standard InChI is InChI=1S/C12H12BrF3N2O4/c13-7-3-4-8(9(6-7)22-12(14,15)16)18-11(21)17-5-1-2-10(19)20/h3-4,6H,1-2,5H2,(H,19,20)(H2,17,18,21). The van der Waals surface area contributed by atoms with Gasteiger partial charge in [-0.3, -0.25) is 4.79 Å². The molecule has 3 N–H and O–H groups in total. The molecule has 0 spiro atoms. The van der Waals surface area contributed by atoms with Crippen molar-refractivity contribution >= 4 is 33.6 Å². The predicted molar refractivity (Wildman–Crippen MR) is 74.7 cm³/mol. The van der Waals surface area contributed by atoms with Crippen molar-refractivity contribution in [2.75, 3.05) is 11.9 Å². The monoisotopic (exact) mass is 384 g/mol. The van der Waals surface area contributed by atoms with E-state index < -0.39 is 24.1 Å². The van der Waals surface area contributed by atoms with Crippen molar-refractivity contribution in [1.82, 2.24) is 5.32 Å². The number of aliphatic carboxylic acids is 1. The number of ether oxygens (including phenoxy) is 1. The van der Waals surface area contributed by atoms with Crippen LogP contribution in [0.25, 0.3) is 0 Å². The largest absolute Gasteiger partial charge is 0.573 e. The molecule has 0 heterocycles. The van der Waals surface area contributed by atoms with E-state index >= 15 is 0 Å². The van der Waals surface area contributed by atoms with Crippen LogP contribution in [0.1, 0.15) is 12.8 Å². The zero-order valence-corrected chi connectivity index (χ0v) is 12.6. The van der Waals surface area contributed by atoms with Gasteiger partial charge in [-0.15, -0.1) is 13.2 Å². The molecule has 0 aliphatic carbocycles. The number of carboxylic acids is 1. The Labute approximate surface area is 131 Å². The summed E-state index contributed by atoms with van der Waals surface area (Å²) in [4.78, 5) is 21.8. The molecule has 2 amide bonds. The summed E-state index contributed by atoms with van der Waals surface area (Å²) < 4.78 is 41.0. The highest BCUT2D eigenvalue weighted by atomic mass is 79.9. The highest BCUT2D eigenvalue weighted by Gasteiger charge is 2.32. The second-order valence-corrected chi connectivity index (χ2v) is 4.98. The maximum atomic E-state index is 12.3. The van der Waals surface area contributed by atoms with E-state index in [0.717, 1.165) is 6.07 Å². The first-order valence-electron chi connectivity index (χ1n) is 5.99. The van der Waals surface area contributed by atoms with Crippen LogP contribution in [0.3, 0.4) is 0 Å². The number of benzene rings is 1. The van der Waals surface area contributed by atoms with E-state index in [1.54, 1.807) is 0 Å². The van der Waals surface area contributed by atoms with Gasteiger partial charge in [-0.25, -0.2) is 4.79 Å². The number of hydrogen-bond acceptors (Lipinski definition) is 3. The van der Waals surface area contributed by atoms with Gasteiger partial charge in [0.05, 0.1) is 5.69 Å². The van der Waals surface area contributed by atoms with Gasteiger partial charge in [-0.2, -0.15) is 0 Å². The molecule has 0 aliphatic rings. The van der Waals surface area contributed by atoms with Crippen LogP contribution in [0.2, 0.25) is 0 Å². The second-order valence-electron chi connectivity index (χ2n) is 4.07. The minimum absolute atomic E-state index is 0.0735. The van der Waals surface area contributed by atoms with Crippen LogP contribution in [0.15, 0.2) is 22.7 Å². The minimum atomic E-state index is -4.89. The molecule has 22 heavy (non-hydrogen) atoms. The van der Waals surface area contributed by atoms with Crippen LogP contribution in [0.5, 0.6) is 5.75 Å². The number of carbonyl (C=O) groups excluding carboxylic acids is 1. The third-order valence-corrected chi connectivity index (χ3v) is 2.76. The van der Waals surface area contributed by atoms with Crippen molar-refractivity contribution in [1.29, 1.82) is 0 Å². The fourth-order valence-corrected chi connectivity index (χ4v) is 1.76. The number of anilines is 1. The molecule has 0 saturated heterocycles. The lowest BCUT2D eigenvalue weighted by Gasteiger charge is -2.14. The lowest BCUT2D eigenvalue weighted by Crippen LogP contribution is -2.30. The van der Waals surface area contributed by atoms with Gasteiger partial charge < -0.3 is 20.5 Å². The fraction of sp³-hybridized carbons (Fsp3) is 0.333. The van der Waals surface area contributed by atoms with Crippen LogP contribution in [0.4, 0.5) is 23.7 Å². The maximum Gasteiger partial charge on any atom is 0.573 e. The molecule has 0 unspecified atom stereocenters. The number of carbonyl (C=O) groups is 2. The molecule has 0 aromatic heterocycles. The molecule has 0 atom stereocenters. The Bertz CT molecular complexity index is 552. The molecular formula is C12H12BrF3N2O4.